The van der Waals surface area contributed by atoms with E-state index in [1.807, 2.05) is 23.1 Å². The van der Waals surface area contributed by atoms with Crippen molar-refractivity contribution in [3.63, 3.8) is 0 Å². The largest absolute Gasteiger partial charge is 0.497 e. The third kappa shape index (κ3) is 4.13. The van der Waals surface area contributed by atoms with Crippen LogP contribution in [0.15, 0.2) is 22.0 Å². The van der Waals surface area contributed by atoms with E-state index in [2.05, 4.69) is 20.8 Å². The zero-order chi connectivity index (χ0) is 22.1. The number of rotatable bonds is 6. The van der Waals surface area contributed by atoms with E-state index in [9.17, 15) is 9.59 Å². The second-order valence-corrected chi connectivity index (χ2v) is 9.97. The molecule has 166 valence electrons. The summed E-state index contributed by atoms with van der Waals surface area (Å²) in [5, 5.41) is 0. The van der Waals surface area contributed by atoms with E-state index in [0.29, 0.717) is 24.6 Å². The van der Waals surface area contributed by atoms with Crippen molar-refractivity contribution in [3.8, 4) is 11.5 Å². The lowest BCUT2D eigenvalue weighted by atomic mass is 10.0. The standard InChI is InChI=1S/C22H25BrN2O5S/c1-28-15-7-6-13(17(10-15)29-2)11-24-12-14(9-18(26)30-3)25-8-4-5-16-19(25)20(22(24)27)31-21(16)23/h6-7,10,14H,4-5,8-9,11-12H2,1-3H3/t14-/m1/s1. The Morgan fingerprint density at radius 3 is 2.77 bits per heavy atom. The maximum absolute atomic E-state index is 13.6. The second-order valence-electron chi connectivity index (χ2n) is 7.63. The number of halogens is 1. The first-order valence-electron chi connectivity index (χ1n) is 10.1. The van der Waals surface area contributed by atoms with Gasteiger partial charge in [0, 0.05) is 36.8 Å². The first-order valence-corrected chi connectivity index (χ1v) is 11.7. The zero-order valence-corrected chi connectivity index (χ0v) is 20.2. The molecule has 2 aromatic rings. The molecule has 1 aromatic carbocycles. The van der Waals surface area contributed by atoms with Gasteiger partial charge in [0.05, 0.1) is 43.3 Å². The lowest BCUT2D eigenvalue weighted by Crippen LogP contribution is -2.46. The molecule has 0 unspecified atom stereocenters. The number of methoxy groups -OCH3 is 3. The number of amides is 1. The van der Waals surface area contributed by atoms with E-state index in [0.717, 1.165) is 39.3 Å². The van der Waals surface area contributed by atoms with Gasteiger partial charge in [-0.1, -0.05) is 0 Å². The summed E-state index contributed by atoms with van der Waals surface area (Å²) < 4.78 is 16.8. The van der Waals surface area contributed by atoms with E-state index in [-0.39, 0.29) is 24.3 Å². The van der Waals surface area contributed by atoms with Gasteiger partial charge >= 0.3 is 5.97 Å². The SMILES string of the molecule is COC(=O)C[C@@H]1CN(Cc2ccc(OC)cc2OC)C(=O)c2sc(Br)c3c2N1CCC3. The van der Waals surface area contributed by atoms with Crippen molar-refractivity contribution < 1.29 is 23.8 Å². The van der Waals surface area contributed by atoms with Gasteiger partial charge < -0.3 is 24.0 Å². The number of thiophene rings is 1. The zero-order valence-electron chi connectivity index (χ0n) is 17.8. The fourth-order valence-corrected chi connectivity index (χ4v) is 6.28. The fourth-order valence-electron chi connectivity index (χ4n) is 4.35. The predicted molar refractivity (Wildman–Crippen MR) is 122 cm³/mol. The molecule has 4 rings (SSSR count). The lowest BCUT2D eigenvalue weighted by molar-refractivity contribution is -0.141. The van der Waals surface area contributed by atoms with Crippen LogP contribution in [0.3, 0.4) is 0 Å². The molecular formula is C22H25BrN2O5S. The number of anilines is 1. The smallest absolute Gasteiger partial charge is 0.307 e. The van der Waals surface area contributed by atoms with Gasteiger partial charge in [0.1, 0.15) is 16.4 Å². The van der Waals surface area contributed by atoms with Crippen LogP contribution in [-0.4, -0.2) is 57.2 Å². The van der Waals surface area contributed by atoms with Gasteiger partial charge in [-0.3, -0.25) is 9.59 Å². The van der Waals surface area contributed by atoms with Crippen LogP contribution >= 0.6 is 27.3 Å². The van der Waals surface area contributed by atoms with Gasteiger partial charge in [-0.2, -0.15) is 0 Å². The molecule has 0 fully saturated rings. The highest BCUT2D eigenvalue weighted by Gasteiger charge is 2.39. The topological polar surface area (TPSA) is 68.3 Å². The molecule has 0 aliphatic carbocycles. The van der Waals surface area contributed by atoms with Crippen molar-refractivity contribution in [2.45, 2.75) is 31.8 Å². The van der Waals surface area contributed by atoms with Gasteiger partial charge in [-0.25, -0.2) is 0 Å². The lowest BCUT2D eigenvalue weighted by Gasteiger charge is -2.36. The number of carbonyl (C=O) groups excluding carboxylic acids is 2. The summed E-state index contributed by atoms with van der Waals surface area (Å²) in [5.74, 6) is 1.06. The molecule has 31 heavy (non-hydrogen) atoms. The van der Waals surface area contributed by atoms with Gasteiger partial charge in [0.2, 0.25) is 0 Å². The molecule has 1 aromatic heterocycles. The normalized spacial score (nSPS) is 17.8. The third-order valence-corrected chi connectivity index (χ3v) is 7.84. The van der Waals surface area contributed by atoms with Crippen molar-refractivity contribution in [3.05, 3.63) is 38.0 Å². The summed E-state index contributed by atoms with van der Waals surface area (Å²) in [6.45, 7) is 1.63. The van der Waals surface area contributed by atoms with Crippen LogP contribution in [0.2, 0.25) is 0 Å². The first-order chi connectivity index (χ1) is 15.0. The van der Waals surface area contributed by atoms with E-state index in [1.54, 1.807) is 14.2 Å². The molecule has 0 radical (unpaired) electrons. The van der Waals surface area contributed by atoms with Crippen LogP contribution < -0.4 is 14.4 Å². The Morgan fingerprint density at radius 1 is 1.26 bits per heavy atom. The van der Waals surface area contributed by atoms with Crippen LogP contribution in [-0.2, 0) is 22.5 Å². The minimum atomic E-state index is -0.274. The van der Waals surface area contributed by atoms with Crippen molar-refractivity contribution in [1.29, 1.82) is 0 Å². The molecule has 0 spiro atoms. The number of ether oxygens (including phenoxy) is 3. The van der Waals surface area contributed by atoms with Crippen LogP contribution in [0.4, 0.5) is 5.69 Å². The first kappa shape index (κ1) is 22.0. The van der Waals surface area contributed by atoms with E-state index in [4.69, 9.17) is 14.2 Å². The van der Waals surface area contributed by atoms with Crippen LogP contribution in [0.5, 0.6) is 11.5 Å². The maximum Gasteiger partial charge on any atom is 0.307 e. The molecule has 0 bridgehead atoms. The summed E-state index contributed by atoms with van der Waals surface area (Å²) >= 11 is 5.14. The molecule has 0 saturated carbocycles. The molecule has 2 aliphatic heterocycles. The average molecular weight is 509 g/mol. The van der Waals surface area contributed by atoms with E-state index < -0.39 is 0 Å². The molecule has 3 heterocycles. The van der Waals surface area contributed by atoms with Crippen LogP contribution in [0.25, 0.3) is 0 Å². The van der Waals surface area contributed by atoms with Crippen LogP contribution in [0.1, 0.15) is 33.6 Å². The Morgan fingerprint density at radius 2 is 2.06 bits per heavy atom. The molecule has 1 atom stereocenters. The highest BCUT2D eigenvalue weighted by molar-refractivity contribution is 9.11. The van der Waals surface area contributed by atoms with Crippen LogP contribution in [0, 0.1) is 0 Å². The number of hydrogen-bond donors (Lipinski definition) is 0. The number of carbonyl (C=O) groups is 2. The monoisotopic (exact) mass is 508 g/mol. The Labute approximate surface area is 194 Å². The summed E-state index contributed by atoms with van der Waals surface area (Å²) in [5.41, 5.74) is 3.03. The third-order valence-electron chi connectivity index (χ3n) is 5.88. The maximum atomic E-state index is 13.6. The van der Waals surface area contributed by atoms with Gasteiger partial charge in [0.15, 0.2) is 0 Å². The molecule has 0 saturated heterocycles. The minimum Gasteiger partial charge on any atom is -0.497 e. The summed E-state index contributed by atoms with van der Waals surface area (Å²) in [7, 11) is 4.61. The van der Waals surface area contributed by atoms with Gasteiger partial charge in [0.25, 0.3) is 5.91 Å². The minimum absolute atomic E-state index is 0.0240. The van der Waals surface area contributed by atoms with Crippen molar-refractivity contribution in [2.75, 3.05) is 39.3 Å². The Kier molecular flexibility index (Phi) is 6.43. The van der Waals surface area contributed by atoms with Crippen molar-refractivity contribution in [1.82, 2.24) is 4.90 Å². The van der Waals surface area contributed by atoms with Gasteiger partial charge in [-0.05, 0) is 40.9 Å². The average Bonchev–Trinajstić information content (AvgIpc) is 3.09. The highest BCUT2D eigenvalue weighted by Crippen LogP contribution is 2.46. The molecule has 7 nitrogen and oxygen atoms in total. The number of hydrogen-bond acceptors (Lipinski definition) is 7. The summed E-state index contributed by atoms with van der Waals surface area (Å²) in [6, 6.07) is 5.44. The van der Waals surface area contributed by atoms with Crippen molar-refractivity contribution in [2.24, 2.45) is 0 Å². The highest BCUT2D eigenvalue weighted by atomic mass is 79.9. The number of esters is 1. The van der Waals surface area contributed by atoms with E-state index >= 15 is 0 Å². The fraction of sp³-hybridized carbons (Fsp3) is 0.455. The number of benzene rings is 1. The Balaban J connectivity index is 1.73. The summed E-state index contributed by atoms with van der Waals surface area (Å²) in [4.78, 5) is 30.6. The Bertz CT molecular complexity index is 1010. The molecule has 0 N–H and O–H groups in total. The molecule has 1 amide bonds. The Hall–Kier alpha value is -2.26. The quantitative estimate of drug-likeness (QED) is 0.551. The molecule has 2 aliphatic rings. The molecule has 9 heteroatoms. The second kappa shape index (κ2) is 9.08. The molecular weight excluding hydrogens is 484 g/mol. The summed E-state index contributed by atoms with van der Waals surface area (Å²) in [6.07, 6.45) is 2.14. The van der Waals surface area contributed by atoms with Crippen molar-refractivity contribution >= 4 is 44.8 Å². The van der Waals surface area contributed by atoms with Gasteiger partial charge in [-0.15, -0.1) is 11.3 Å². The van der Waals surface area contributed by atoms with E-state index in [1.165, 1.54) is 24.0 Å². The predicted octanol–water partition coefficient (Wildman–Crippen LogP) is 3.87. The number of nitrogens with zero attached hydrogens (tertiary/aromatic N) is 2.